The second kappa shape index (κ2) is 9.21. The van der Waals surface area contributed by atoms with Gasteiger partial charge in [-0.15, -0.1) is 0 Å². The number of nitrogens with one attached hydrogen (secondary N) is 1. The number of hydrogen-bond acceptors (Lipinski definition) is 3. The molecular formula is C22H27N3O2. The molecule has 3 N–H and O–H groups in total. The number of rotatable bonds is 5. The van der Waals surface area contributed by atoms with Crippen molar-refractivity contribution in [3.8, 4) is 0 Å². The normalized spacial score (nSPS) is 14.4. The van der Waals surface area contributed by atoms with Crippen LogP contribution in [0.15, 0.2) is 48.5 Å². The van der Waals surface area contributed by atoms with Crippen molar-refractivity contribution in [2.45, 2.75) is 38.5 Å². The number of likely N-dealkylation sites (tertiary alicyclic amines) is 1. The van der Waals surface area contributed by atoms with Gasteiger partial charge in [-0.25, -0.2) is 0 Å². The minimum Gasteiger partial charge on any atom is -0.399 e. The van der Waals surface area contributed by atoms with Gasteiger partial charge in [-0.3, -0.25) is 9.59 Å². The van der Waals surface area contributed by atoms with E-state index in [1.807, 2.05) is 47.4 Å². The van der Waals surface area contributed by atoms with Gasteiger partial charge in [0.05, 0.1) is 0 Å². The molecule has 2 aromatic rings. The Morgan fingerprint density at radius 3 is 2.44 bits per heavy atom. The van der Waals surface area contributed by atoms with Gasteiger partial charge in [0.2, 0.25) is 5.91 Å². The van der Waals surface area contributed by atoms with E-state index in [0.29, 0.717) is 29.8 Å². The van der Waals surface area contributed by atoms with Gasteiger partial charge >= 0.3 is 0 Å². The number of nitrogen functional groups attached to an aromatic ring is 1. The molecule has 5 nitrogen and oxygen atoms in total. The number of nitrogens with zero attached hydrogens (tertiary/aromatic N) is 1. The van der Waals surface area contributed by atoms with E-state index in [1.54, 1.807) is 6.07 Å². The first-order valence-electron chi connectivity index (χ1n) is 9.65. The van der Waals surface area contributed by atoms with Gasteiger partial charge in [-0.05, 0) is 55.2 Å². The van der Waals surface area contributed by atoms with E-state index in [0.717, 1.165) is 31.5 Å². The highest BCUT2D eigenvalue weighted by atomic mass is 16.2. The van der Waals surface area contributed by atoms with Crippen molar-refractivity contribution >= 4 is 23.2 Å². The van der Waals surface area contributed by atoms with Crippen LogP contribution in [-0.2, 0) is 11.2 Å². The van der Waals surface area contributed by atoms with Gasteiger partial charge < -0.3 is 16.0 Å². The lowest BCUT2D eigenvalue weighted by Crippen LogP contribution is -2.31. The van der Waals surface area contributed by atoms with Crippen LogP contribution in [0.5, 0.6) is 0 Å². The molecule has 1 aliphatic rings. The Hall–Kier alpha value is -2.82. The Morgan fingerprint density at radius 2 is 1.70 bits per heavy atom. The third-order valence-corrected chi connectivity index (χ3v) is 4.88. The average Bonchev–Trinajstić information content (AvgIpc) is 2.95. The first kappa shape index (κ1) is 19.0. The summed E-state index contributed by atoms with van der Waals surface area (Å²) in [4.78, 5) is 26.9. The summed E-state index contributed by atoms with van der Waals surface area (Å²) in [6.45, 7) is 1.63. The van der Waals surface area contributed by atoms with Crippen LogP contribution in [0.3, 0.4) is 0 Å². The second-order valence-electron chi connectivity index (χ2n) is 7.08. The molecule has 0 atom stereocenters. The van der Waals surface area contributed by atoms with E-state index in [2.05, 4.69) is 5.32 Å². The topological polar surface area (TPSA) is 75.4 Å². The summed E-state index contributed by atoms with van der Waals surface area (Å²) in [6, 6.07) is 14.8. The van der Waals surface area contributed by atoms with Crippen molar-refractivity contribution in [3.05, 3.63) is 59.7 Å². The lowest BCUT2D eigenvalue weighted by Gasteiger charge is -2.20. The summed E-state index contributed by atoms with van der Waals surface area (Å²) in [6.07, 6.45) is 5.50. The maximum absolute atomic E-state index is 12.7. The van der Waals surface area contributed by atoms with Crippen LogP contribution in [0.1, 0.15) is 48.0 Å². The lowest BCUT2D eigenvalue weighted by atomic mass is 10.1. The Balaban J connectivity index is 1.58. The van der Waals surface area contributed by atoms with E-state index in [4.69, 9.17) is 5.73 Å². The smallest absolute Gasteiger partial charge is 0.253 e. The van der Waals surface area contributed by atoms with Crippen LogP contribution < -0.4 is 11.1 Å². The zero-order valence-corrected chi connectivity index (χ0v) is 15.6. The molecule has 0 radical (unpaired) electrons. The van der Waals surface area contributed by atoms with E-state index < -0.39 is 0 Å². The molecule has 0 aromatic heterocycles. The van der Waals surface area contributed by atoms with Crippen molar-refractivity contribution in [2.75, 3.05) is 24.1 Å². The highest BCUT2D eigenvalue weighted by Gasteiger charge is 2.17. The SMILES string of the molecule is Nc1cccc(CCC(=O)Nc2cccc(C(=O)N3CCCCCC3)c2)c1. The molecule has 1 fully saturated rings. The van der Waals surface area contributed by atoms with Gasteiger partial charge in [0.15, 0.2) is 0 Å². The molecule has 1 heterocycles. The maximum atomic E-state index is 12.7. The molecule has 27 heavy (non-hydrogen) atoms. The van der Waals surface area contributed by atoms with Crippen LogP contribution in [0, 0.1) is 0 Å². The summed E-state index contributed by atoms with van der Waals surface area (Å²) in [5.74, 6) is -0.0236. The van der Waals surface area contributed by atoms with Crippen molar-refractivity contribution in [1.29, 1.82) is 0 Å². The van der Waals surface area contributed by atoms with Gasteiger partial charge in [0.1, 0.15) is 0 Å². The summed E-state index contributed by atoms with van der Waals surface area (Å²) in [5, 5.41) is 2.90. The molecule has 0 bridgehead atoms. The summed E-state index contributed by atoms with van der Waals surface area (Å²) >= 11 is 0. The fourth-order valence-electron chi connectivity index (χ4n) is 3.42. The standard InChI is InChI=1S/C22H27N3O2/c23-19-9-5-7-17(15-19)11-12-21(26)24-20-10-6-8-18(16-20)22(27)25-13-3-1-2-4-14-25/h5-10,15-16H,1-4,11-14,23H2,(H,24,26). The van der Waals surface area contributed by atoms with Gasteiger partial charge in [-0.2, -0.15) is 0 Å². The van der Waals surface area contributed by atoms with E-state index >= 15 is 0 Å². The summed E-state index contributed by atoms with van der Waals surface area (Å²) in [7, 11) is 0. The van der Waals surface area contributed by atoms with Gasteiger partial charge in [0.25, 0.3) is 5.91 Å². The zero-order valence-electron chi connectivity index (χ0n) is 15.6. The molecule has 0 spiro atoms. The number of amides is 2. The van der Waals surface area contributed by atoms with Crippen LogP contribution in [0.25, 0.3) is 0 Å². The molecule has 0 aliphatic carbocycles. The number of anilines is 2. The molecule has 0 saturated carbocycles. The molecule has 2 aromatic carbocycles. The highest BCUT2D eigenvalue weighted by Crippen LogP contribution is 2.17. The minimum atomic E-state index is -0.0724. The largest absolute Gasteiger partial charge is 0.399 e. The zero-order chi connectivity index (χ0) is 19.1. The van der Waals surface area contributed by atoms with Crippen LogP contribution in [0.2, 0.25) is 0 Å². The summed E-state index contributed by atoms with van der Waals surface area (Å²) < 4.78 is 0. The molecule has 1 saturated heterocycles. The first-order chi connectivity index (χ1) is 13.1. The highest BCUT2D eigenvalue weighted by molar-refractivity contribution is 5.97. The van der Waals surface area contributed by atoms with Crippen LogP contribution in [0.4, 0.5) is 11.4 Å². The van der Waals surface area contributed by atoms with E-state index in [-0.39, 0.29) is 11.8 Å². The minimum absolute atomic E-state index is 0.0489. The quantitative estimate of drug-likeness (QED) is 0.790. The number of nitrogens with two attached hydrogens (primary N) is 1. The monoisotopic (exact) mass is 365 g/mol. The molecule has 0 unspecified atom stereocenters. The summed E-state index contributed by atoms with van der Waals surface area (Å²) in [5.41, 5.74) is 8.80. The molecule has 5 heteroatoms. The third kappa shape index (κ3) is 5.58. The predicted molar refractivity (Wildman–Crippen MR) is 109 cm³/mol. The van der Waals surface area contributed by atoms with Crippen molar-refractivity contribution in [1.82, 2.24) is 4.90 Å². The van der Waals surface area contributed by atoms with Crippen LogP contribution in [-0.4, -0.2) is 29.8 Å². The first-order valence-corrected chi connectivity index (χ1v) is 9.65. The Kier molecular flexibility index (Phi) is 6.47. The molecule has 2 amide bonds. The van der Waals surface area contributed by atoms with Gasteiger partial charge in [0, 0.05) is 36.4 Å². The number of carbonyl (C=O) groups excluding carboxylic acids is 2. The van der Waals surface area contributed by atoms with Crippen molar-refractivity contribution < 1.29 is 9.59 Å². The van der Waals surface area contributed by atoms with Crippen molar-refractivity contribution in [2.24, 2.45) is 0 Å². The fourth-order valence-corrected chi connectivity index (χ4v) is 3.42. The fraction of sp³-hybridized carbons (Fsp3) is 0.364. The average molecular weight is 365 g/mol. The van der Waals surface area contributed by atoms with Crippen LogP contribution >= 0.6 is 0 Å². The third-order valence-electron chi connectivity index (χ3n) is 4.88. The molecule has 3 rings (SSSR count). The maximum Gasteiger partial charge on any atom is 0.253 e. The predicted octanol–water partition coefficient (Wildman–Crippen LogP) is 3.86. The Bertz CT molecular complexity index is 796. The number of aryl methyl sites for hydroxylation is 1. The number of benzene rings is 2. The van der Waals surface area contributed by atoms with Crippen molar-refractivity contribution in [3.63, 3.8) is 0 Å². The number of hydrogen-bond donors (Lipinski definition) is 2. The Labute approximate surface area is 160 Å². The lowest BCUT2D eigenvalue weighted by molar-refractivity contribution is -0.116. The molecule has 1 aliphatic heterocycles. The van der Waals surface area contributed by atoms with E-state index in [9.17, 15) is 9.59 Å². The molecule has 142 valence electrons. The molecular weight excluding hydrogens is 338 g/mol. The second-order valence-corrected chi connectivity index (χ2v) is 7.08. The Morgan fingerprint density at radius 1 is 0.963 bits per heavy atom. The number of carbonyl (C=O) groups is 2. The van der Waals surface area contributed by atoms with Gasteiger partial charge in [-0.1, -0.05) is 31.0 Å². The van der Waals surface area contributed by atoms with E-state index in [1.165, 1.54) is 12.8 Å².